The van der Waals surface area contributed by atoms with Crippen molar-refractivity contribution in [3.63, 3.8) is 0 Å². The molecule has 2 aliphatic heterocycles. The van der Waals surface area contributed by atoms with Crippen molar-refractivity contribution in [3.05, 3.63) is 0 Å². The summed E-state index contributed by atoms with van der Waals surface area (Å²) in [5.41, 5.74) is 0. The summed E-state index contributed by atoms with van der Waals surface area (Å²) in [6, 6.07) is 0. The Balaban J connectivity index is 2.01. The predicted molar refractivity (Wildman–Crippen MR) is 43.9 cm³/mol. The molecule has 5 atom stereocenters. The molecule has 5 heteroatoms. The van der Waals surface area contributed by atoms with Gasteiger partial charge in [-0.1, -0.05) is 0 Å². The van der Waals surface area contributed by atoms with Crippen LogP contribution in [-0.2, 0) is 9.47 Å². The first kappa shape index (κ1) is 8.77. The quantitative estimate of drug-likeness (QED) is 0.561. The third-order valence-corrected chi connectivity index (χ3v) is 3.67. The largest absolute Gasteiger partial charge is 0.394 e. The van der Waals surface area contributed by atoms with Crippen molar-refractivity contribution in [2.24, 2.45) is 0 Å². The maximum absolute atomic E-state index is 9.53. The fourth-order valence-electron chi connectivity index (χ4n) is 1.51. The van der Waals surface area contributed by atoms with E-state index in [0.717, 1.165) is 0 Å². The zero-order valence-corrected chi connectivity index (χ0v) is 7.53. The highest BCUT2D eigenvalue weighted by atomic mass is 32.2. The number of aliphatic hydroxyl groups excluding tert-OH is 2. The maximum Gasteiger partial charge on any atom is 0.170 e. The van der Waals surface area contributed by atoms with Crippen molar-refractivity contribution in [2.75, 3.05) is 13.7 Å². The molecule has 0 amide bonds. The zero-order chi connectivity index (χ0) is 8.72. The van der Waals surface area contributed by atoms with Gasteiger partial charge in [-0.05, 0) is 0 Å². The molecule has 2 rings (SSSR count). The van der Waals surface area contributed by atoms with Crippen LogP contribution in [0.15, 0.2) is 0 Å². The minimum absolute atomic E-state index is 0.148. The van der Waals surface area contributed by atoms with Gasteiger partial charge in [0.2, 0.25) is 0 Å². The monoisotopic (exact) mass is 192 g/mol. The first-order valence-corrected chi connectivity index (χ1v) is 4.85. The Morgan fingerprint density at radius 2 is 2.25 bits per heavy atom. The molecule has 2 aliphatic rings. The van der Waals surface area contributed by atoms with Gasteiger partial charge in [0, 0.05) is 7.11 Å². The van der Waals surface area contributed by atoms with Crippen molar-refractivity contribution in [1.82, 2.24) is 0 Å². The lowest BCUT2D eigenvalue weighted by Crippen LogP contribution is -2.47. The molecule has 0 aromatic heterocycles. The van der Waals surface area contributed by atoms with E-state index >= 15 is 0 Å². The highest BCUT2D eigenvalue weighted by Crippen LogP contribution is 2.51. The minimum atomic E-state index is -0.545. The van der Waals surface area contributed by atoms with E-state index in [0.29, 0.717) is 0 Å². The Bertz CT molecular complexity index is 177. The van der Waals surface area contributed by atoms with Crippen molar-refractivity contribution in [2.45, 2.75) is 29.0 Å². The summed E-state index contributed by atoms with van der Waals surface area (Å²) < 4.78 is 10.4. The highest BCUT2D eigenvalue weighted by molar-refractivity contribution is 8.07. The summed E-state index contributed by atoms with van der Waals surface area (Å²) >= 11 is 1.65. The van der Waals surface area contributed by atoms with E-state index in [-0.39, 0.29) is 23.4 Å². The van der Waals surface area contributed by atoms with Crippen molar-refractivity contribution in [3.8, 4) is 0 Å². The van der Waals surface area contributed by atoms with E-state index in [1.165, 1.54) is 0 Å². The molecule has 0 bridgehead atoms. The number of rotatable bonds is 2. The van der Waals surface area contributed by atoms with Crippen molar-refractivity contribution >= 4 is 11.8 Å². The molecular formula is C7H12O4S. The Labute approximate surface area is 74.9 Å². The molecule has 4 nitrogen and oxygen atoms in total. The van der Waals surface area contributed by atoms with Gasteiger partial charge in [0.1, 0.15) is 6.10 Å². The third kappa shape index (κ3) is 1.25. The van der Waals surface area contributed by atoms with Gasteiger partial charge in [0.05, 0.1) is 23.2 Å². The van der Waals surface area contributed by atoms with Crippen LogP contribution in [-0.4, -0.2) is 52.9 Å². The van der Waals surface area contributed by atoms with E-state index in [1.54, 1.807) is 18.9 Å². The van der Waals surface area contributed by atoms with Crippen LogP contribution in [0.3, 0.4) is 0 Å². The van der Waals surface area contributed by atoms with Crippen LogP contribution >= 0.6 is 11.8 Å². The van der Waals surface area contributed by atoms with Crippen molar-refractivity contribution in [1.29, 1.82) is 0 Å². The maximum atomic E-state index is 9.53. The number of methoxy groups -OCH3 is 1. The van der Waals surface area contributed by atoms with Gasteiger partial charge in [-0.2, -0.15) is 0 Å². The first-order valence-electron chi connectivity index (χ1n) is 3.90. The number of ether oxygens (including phenoxy) is 2. The number of hydrogen-bond donors (Lipinski definition) is 2. The lowest BCUT2D eigenvalue weighted by Gasteiger charge is -2.30. The van der Waals surface area contributed by atoms with Gasteiger partial charge >= 0.3 is 0 Å². The standard InChI is InChI=1S/C7H12O4S/c1-10-7-6-5(12-6)4(9)3(2-8)11-7/h3-9H,2H2,1H3/t3-,4-,5+,6+,7+/m1/s1. The second-order valence-electron chi connectivity index (χ2n) is 3.02. The fraction of sp³-hybridized carbons (Fsp3) is 1.00. The van der Waals surface area contributed by atoms with E-state index in [2.05, 4.69) is 0 Å². The Morgan fingerprint density at radius 1 is 1.50 bits per heavy atom. The smallest absolute Gasteiger partial charge is 0.170 e. The number of fused-ring (bicyclic) bond motifs is 1. The van der Waals surface area contributed by atoms with Crippen LogP contribution in [0.4, 0.5) is 0 Å². The number of hydrogen-bond acceptors (Lipinski definition) is 5. The molecule has 0 radical (unpaired) electrons. The molecule has 2 saturated heterocycles. The molecule has 0 unspecified atom stereocenters. The zero-order valence-electron chi connectivity index (χ0n) is 6.71. The van der Waals surface area contributed by atoms with Crippen LogP contribution < -0.4 is 0 Å². The Morgan fingerprint density at radius 3 is 2.83 bits per heavy atom. The lowest BCUT2D eigenvalue weighted by molar-refractivity contribution is -0.205. The van der Waals surface area contributed by atoms with E-state index < -0.39 is 12.2 Å². The highest BCUT2D eigenvalue weighted by Gasteiger charge is 2.56. The summed E-state index contributed by atoms with van der Waals surface area (Å²) in [5.74, 6) is 0. The van der Waals surface area contributed by atoms with Crippen LogP contribution in [0.1, 0.15) is 0 Å². The van der Waals surface area contributed by atoms with E-state index in [4.69, 9.17) is 14.6 Å². The molecule has 0 saturated carbocycles. The summed E-state index contributed by atoms with van der Waals surface area (Å²) in [4.78, 5) is 0. The topological polar surface area (TPSA) is 58.9 Å². The van der Waals surface area contributed by atoms with Gasteiger partial charge in [-0.3, -0.25) is 0 Å². The average Bonchev–Trinajstić information content (AvgIpc) is 2.85. The molecule has 0 spiro atoms. The van der Waals surface area contributed by atoms with Crippen molar-refractivity contribution < 1.29 is 19.7 Å². The van der Waals surface area contributed by atoms with Crippen LogP contribution in [0, 0.1) is 0 Å². The van der Waals surface area contributed by atoms with Crippen LogP contribution in [0.5, 0.6) is 0 Å². The summed E-state index contributed by atoms with van der Waals surface area (Å²) in [5, 5.41) is 18.8. The van der Waals surface area contributed by atoms with Gasteiger partial charge in [0.15, 0.2) is 6.29 Å². The molecule has 2 N–H and O–H groups in total. The summed E-state index contributed by atoms with van der Waals surface area (Å²) in [6.07, 6.45) is -1.29. The number of thioether (sulfide) groups is 1. The third-order valence-electron chi connectivity index (χ3n) is 2.27. The first-order chi connectivity index (χ1) is 5.77. The van der Waals surface area contributed by atoms with Gasteiger partial charge in [-0.25, -0.2) is 0 Å². The second-order valence-corrected chi connectivity index (χ2v) is 4.38. The average molecular weight is 192 g/mol. The Hall–Kier alpha value is 0.190. The molecule has 2 heterocycles. The SMILES string of the molecule is CO[C@H]1O[C@H](CO)[C@@H](O)[C@@H]2S[C@H]12. The number of aliphatic hydroxyl groups is 2. The molecular weight excluding hydrogens is 180 g/mol. The van der Waals surface area contributed by atoms with Gasteiger partial charge in [-0.15, -0.1) is 11.8 Å². The molecule has 70 valence electrons. The van der Waals surface area contributed by atoms with E-state index in [9.17, 15) is 5.11 Å². The molecule has 12 heavy (non-hydrogen) atoms. The molecule has 2 fully saturated rings. The summed E-state index contributed by atoms with van der Waals surface area (Å²) in [6.45, 7) is -0.148. The lowest BCUT2D eigenvalue weighted by atomic mass is 10.1. The minimum Gasteiger partial charge on any atom is -0.394 e. The normalized spacial score (nSPS) is 51.8. The van der Waals surface area contributed by atoms with Gasteiger partial charge < -0.3 is 19.7 Å². The van der Waals surface area contributed by atoms with Crippen LogP contribution in [0.25, 0.3) is 0 Å². The molecule has 0 aromatic rings. The van der Waals surface area contributed by atoms with Crippen LogP contribution in [0.2, 0.25) is 0 Å². The Kier molecular flexibility index (Phi) is 2.31. The molecule has 0 aliphatic carbocycles. The van der Waals surface area contributed by atoms with E-state index in [1.807, 2.05) is 0 Å². The molecule has 0 aromatic carbocycles. The summed E-state index contributed by atoms with van der Waals surface area (Å²) in [7, 11) is 1.58. The predicted octanol–water partition coefficient (Wildman–Crippen LogP) is -0.805. The second kappa shape index (κ2) is 3.16. The fourth-order valence-corrected chi connectivity index (χ4v) is 2.71. The van der Waals surface area contributed by atoms with Gasteiger partial charge in [0.25, 0.3) is 0 Å².